The number of hydrogen-bond acceptors (Lipinski definition) is 2. The molecule has 15 heavy (non-hydrogen) atoms. The van der Waals surface area contributed by atoms with Gasteiger partial charge in [-0.2, -0.15) is 13.2 Å². The molecule has 0 fully saturated rings. The van der Waals surface area contributed by atoms with Gasteiger partial charge in [0.15, 0.2) is 0 Å². The molecule has 0 saturated heterocycles. The Kier molecular flexibility index (Phi) is 3.79. The van der Waals surface area contributed by atoms with Crippen LogP contribution in [0.2, 0.25) is 5.02 Å². The summed E-state index contributed by atoms with van der Waals surface area (Å²) in [6, 6.07) is 0.819. The molecule has 2 nitrogen and oxygen atoms in total. The van der Waals surface area contributed by atoms with Gasteiger partial charge >= 0.3 is 6.18 Å². The quantitative estimate of drug-likeness (QED) is 0.872. The van der Waals surface area contributed by atoms with Crippen LogP contribution in [0.15, 0.2) is 18.5 Å². The SMILES string of the molecule is CC(CC(F)(F)F)Nc1ccncc1Cl. The number of pyridine rings is 1. The first kappa shape index (κ1) is 12.1. The predicted molar refractivity (Wildman–Crippen MR) is 53.0 cm³/mol. The molecule has 0 aromatic carbocycles. The van der Waals surface area contributed by atoms with Crippen molar-refractivity contribution in [3.8, 4) is 0 Å². The van der Waals surface area contributed by atoms with Gasteiger partial charge in [-0.3, -0.25) is 4.98 Å². The van der Waals surface area contributed by atoms with Crippen molar-refractivity contribution in [3.05, 3.63) is 23.5 Å². The number of nitrogens with zero attached hydrogens (tertiary/aromatic N) is 1. The zero-order chi connectivity index (χ0) is 11.5. The lowest BCUT2D eigenvalue weighted by atomic mass is 10.2. The summed E-state index contributed by atoms with van der Waals surface area (Å²) in [4.78, 5) is 3.73. The second-order valence-corrected chi connectivity index (χ2v) is 3.63. The summed E-state index contributed by atoms with van der Waals surface area (Å²) in [6.45, 7) is 1.45. The lowest BCUT2D eigenvalue weighted by molar-refractivity contribution is -0.136. The summed E-state index contributed by atoms with van der Waals surface area (Å²) in [5.41, 5.74) is 0.461. The van der Waals surface area contributed by atoms with Gasteiger partial charge in [0.05, 0.1) is 17.1 Å². The van der Waals surface area contributed by atoms with Crippen LogP contribution in [0.5, 0.6) is 0 Å². The van der Waals surface area contributed by atoms with E-state index >= 15 is 0 Å². The van der Waals surface area contributed by atoms with Crippen molar-refractivity contribution in [2.75, 3.05) is 5.32 Å². The van der Waals surface area contributed by atoms with Crippen molar-refractivity contribution in [2.45, 2.75) is 25.6 Å². The minimum atomic E-state index is -4.17. The molecule has 0 aliphatic carbocycles. The van der Waals surface area contributed by atoms with Crippen LogP contribution in [0.4, 0.5) is 18.9 Å². The third-order valence-corrected chi connectivity index (χ3v) is 2.01. The van der Waals surface area contributed by atoms with Crippen molar-refractivity contribution >= 4 is 17.3 Å². The molecule has 1 atom stereocenters. The van der Waals surface area contributed by atoms with Crippen LogP contribution in [0.25, 0.3) is 0 Å². The molecule has 0 saturated carbocycles. The van der Waals surface area contributed by atoms with E-state index in [1.54, 1.807) is 0 Å². The van der Waals surface area contributed by atoms with Gasteiger partial charge in [0, 0.05) is 18.4 Å². The molecule has 0 aliphatic rings. The van der Waals surface area contributed by atoms with Gasteiger partial charge in [-0.05, 0) is 13.0 Å². The molecular formula is C9H10ClF3N2. The average molecular weight is 239 g/mol. The summed E-state index contributed by atoms with van der Waals surface area (Å²) >= 11 is 5.73. The second-order valence-electron chi connectivity index (χ2n) is 3.22. The van der Waals surface area contributed by atoms with E-state index in [-0.39, 0.29) is 0 Å². The number of nitrogens with one attached hydrogen (secondary N) is 1. The largest absolute Gasteiger partial charge is 0.391 e. The van der Waals surface area contributed by atoms with Gasteiger partial charge in [0.2, 0.25) is 0 Å². The predicted octanol–water partition coefficient (Wildman–Crippen LogP) is 3.49. The van der Waals surface area contributed by atoms with Gasteiger partial charge in [-0.1, -0.05) is 11.6 Å². The van der Waals surface area contributed by atoms with Crippen LogP contribution in [0.3, 0.4) is 0 Å². The van der Waals surface area contributed by atoms with E-state index in [1.165, 1.54) is 25.4 Å². The summed E-state index contributed by atoms with van der Waals surface area (Å²) in [7, 11) is 0. The van der Waals surface area contributed by atoms with Crippen molar-refractivity contribution in [1.82, 2.24) is 4.98 Å². The monoisotopic (exact) mass is 238 g/mol. The molecule has 84 valence electrons. The smallest absolute Gasteiger partial charge is 0.381 e. The molecule has 1 N–H and O–H groups in total. The van der Waals surface area contributed by atoms with Crippen molar-refractivity contribution < 1.29 is 13.2 Å². The standard InChI is InChI=1S/C9H10ClF3N2/c1-6(4-9(11,12)13)15-8-2-3-14-5-7(8)10/h2-3,5-6H,4H2,1H3,(H,14,15). The molecule has 0 amide bonds. The van der Waals surface area contributed by atoms with Crippen molar-refractivity contribution in [1.29, 1.82) is 0 Å². The van der Waals surface area contributed by atoms with Crippen molar-refractivity contribution in [3.63, 3.8) is 0 Å². The van der Waals surface area contributed by atoms with Gasteiger partial charge in [0.25, 0.3) is 0 Å². The molecule has 0 bridgehead atoms. The maximum absolute atomic E-state index is 12.0. The average Bonchev–Trinajstić information content (AvgIpc) is 2.05. The maximum Gasteiger partial charge on any atom is 0.391 e. The van der Waals surface area contributed by atoms with Gasteiger partial charge in [0.1, 0.15) is 0 Å². The van der Waals surface area contributed by atoms with Crippen LogP contribution >= 0.6 is 11.6 Å². The third-order valence-electron chi connectivity index (χ3n) is 1.71. The number of anilines is 1. The number of hydrogen-bond donors (Lipinski definition) is 1. The molecule has 1 heterocycles. The highest BCUT2D eigenvalue weighted by molar-refractivity contribution is 6.33. The molecule has 0 spiro atoms. The normalized spacial score (nSPS) is 13.7. The van der Waals surface area contributed by atoms with E-state index in [1.807, 2.05) is 0 Å². The highest BCUT2D eigenvalue weighted by Crippen LogP contribution is 2.25. The van der Waals surface area contributed by atoms with E-state index in [0.717, 1.165) is 0 Å². The lowest BCUT2D eigenvalue weighted by Gasteiger charge is -2.17. The van der Waals surface area contributed by atoms with Crippen LogP contribution in [-0.2, 0) is 0 Å². The number of rotatable bonds is 3. The van der Waals surface area contributed by atoms with E-state index in [4.69, 9.17) is 11.6 Å². The Hall–Kier alpha value is -0.970. The zero-order valence-electron chi connectivity index (χ0n) is 7.98. The van der Waals surface area contributed by atoms with E-state index in [9.17, 15) is 13.2 Å². The van der Waals surface area contributed by atoms with Crippen molar-refractivity contribution in [2.24, 2.45) is 0 Å². The Morgan fingerprint density at radius 2 is 2.20 bits per heavy atom. The fourth-order valence-corrected chi connectivity index (χ4v) is 1.33. The molecule has 1 unspecified atom stereocenters. The van der Waals surface area contributed by atoms with Gasteiger partial charge < -0.3 is 5.32 Å². The maximum atomic E-state index is 12.0. The minimum Gasteiger partial charge on any atom is -0.381 e. The lowest BCUT2D eigenvalue weighted by Crippen LogP contribution is -2.23. The first-order valence-corrected chi connectivity index (χ1v) is 4.69. The number of alkyl halides is 3. The molecule has 0 aliphatic heterocycles. The minimum absolute atomic E-state index is 0.312. The first-order chi connectivity index (χ1) is 6.88. The van der Waals surface area contributed by atoms with E-state index in [2.05, 4.69) is 10.3 Å². The first-order valence-electron chi connectivity index (χ1n) is 4.31. The zero-order valence-corrected chi connectivity index (χ0v) is 8.73. The third kappa shape index (κ3) is 4.38. The molecular weight excluding hydrogens is 229 g/mol. The topological polar surface area (TPSA) is 24.9 Å². The Balaban J connectivity index is 2.59. The molecule has 1 rings (SSSR count). The summed E-state index contributed by atoms with van der Waals surface area (Å²) < 4.78 is 36.1. The Morgan fingerprint density at radius 3 is 2.73 bits per heavy atom. The molecule has 1 aromatic rings. The van der Waals surface area contributed by atoms with Crippen LogP contribution in [0.1, 0.15) is 13.3 Å². The van der Waals surface area contributed by atoms with Gasteiger partial charge in [-0.15, -0.1) is 0 Å². The van der Waals surface area contributed by atoms with Crippen LogP contribution in [-0.4, -0.2) is 17.2 Å². The van der Waals surface area contributed by atoms with Crippen LogP contribution in [0, 0.1) is 0 Å². The summed E-state index contributed by atoms with van der Waals surface area (Å²) in [5.74, 6) is 0. The summed E-state index contributed by atoms with van der Waals surface area (Å²) in [5, 5.41) is 2.99. The molecule has 1 aromatic heterocycles. The highest BCUT2D eigenvalue weighted by Gasteiger charge is 2.30. The number of halogens is 4. The summed E-state index contributed by atoms with van der Waals surface area (Å²) in [6.07, 6.45) is -2.23. The second kappa shape index (κ2) is 4.70. The van der Waals surface area contributed by atoms with Gasteiger partial charge in [-0.25, -0.2) is 0 Å². The van der Waals surface area contributed by atoms with Crippen LogP contribution < -0.4 is 5.32 Å². The Morgan fingerprint density at radius 1 is 1.53 bits per heavy atom. The Labute approximate surface area is 90.5 Å². The molecule has 6 heteroatoms. The fraction of sp³-hybridized carbons (Fsp3) is 0.444. The van der Waals surface area contributed by atoms with E-state index < -0.39 is 18.6 Å². The molecule has 0 radical (unpaired) electrons. The number of aromatic nitrogens is 1. The van der Waals surface area contributed by atoms with E-state index in [0.29, 0.717) is 10.7 Å². The Bertz CT molecular complexity index is 327. The highest BCUT2D eigenvalue weighted by atomic mass is 35.5. The fourth-order valence-electron chi connectivity index (χ4n) is 1.16.